The van der Waals surface area contributed by atoms with Crippen LogP contribution in [-0.4, -0.2) is 5.78 Å². The zero-order chi connectivity index (χ0) is 26.8. The molecule has 0 spiro atoms. The molecule has 2 aliphatic carbocycles. The van der Waals surface area contributed by atoms with E-state index in [2.05, 4.69) is 80.6 Å². The minimum Gasteiger partial charge on any atom is -0.289 e. The fourth-order valence-corrected chi connectivity index (χ4v) is 7.21. The van der Waals surface area contributed by atoms with Gasteiger partial charge in [-0.15, -0.1) is 0 Å². The van der Waals surface area contributed by atoms with Gasteiger partial charge in [0.05, 0.1) is 0 Å². The van der Waals surface area contributed by atoms with Crippen molar-refractivity contribution in [3.63, 3.8) is 0 Å². The molecule has 0 atom stereocenters. The Morgan fingerprint density at radius 1 is 0.487 bits per heavy atom. The molecule has 0 heterocycles. The maximum absolute atomic E-state index is 13.3. The number of rotatable bonds is 11. The summed E-state index contributed by atoms with van der Waals surface area (Å²) in [7, 11) is 0. The third-order valence-electron chi connectivity index (χ3n) is 9.24. The minimum absolute atomic E-state index is 0.0756. The smallest absolute Gasteiger partial charge is 0.194 e. The van der Waals surface area contributed by atoms with Crippen molar-refractivity contribution in [2.45, 2.75) is 83.5 Å². The molecule has 0 aliphatic heterocycles. The topological polar surface area (TPSA) is 17.1 Å². The first-order valence-electron chi connectivity index (χ1n) is 15.2. The lowest BCUT2D eigenvalue weighted by Crippen LogP contribution is -2.25. The second-order valence-electron chi connectivity index (χ2n) is 11.6. The van der Waals surface area contributed by atoms with Gasteiger partial charge in [0.2, 0.25) is 0 Å². The molecule has 0 fully saturated rings. The second-order valence-corrected chi connectivity index (χ2v) is 11.6. The van der Waals surface area contributed by atoms with E-state index in [1.54, 1.807) is 0 Å². The predicted octanol–water partition coefficient (Wildman–Crippen LogP) is 10.8. The molecule has 0 N–H and O–H groups in total. The fraction of sp³-hybridized carbons (Fsp3) is 0.342. The van der Waals surface area contributed by atoms with Crippen molar-refractivity contribution >= 4 is 5.78 Å². The molecule has 39 heavy (non-hydrogen) atoms. The molecule has 6 rings (SSSR count). The molecule has 0 saturated heterocycles. The lowest BCUT2D eigenvalue weighted by molar-refractivity contribution is 0.104. The molecule has 4 aromatic rings. The molecule has 1 heteroatoms. The maximum Gasteiger partial charge on any atom is 0.194 e. The summed E-state index contributed by atoms with van der Waals surface area (Å²) < 4.78 is 0. The highest BCUT2D eigenvalue weighted by atomic mass is 16.1. The van der Waals surface area contributed by atoms with Crippen molar-refractivity contribution in [2.75, 3.05) is 0 Å². The molecule has 2 aliphatic rings. The maximum atomic E-state index is 13.3. The molecule has 0 saturated carbocycles. The Labute approximate surface area is 234 Å². The highest BCUT2D eigenvalue weighted by Gasteiger charge is 2.42. The molecule has 1 nitrogen and oxygen atoms in total. The van der Waals surface area contributed by atoms with Crippen molar-refractivity contribution in [1.29, 1.82) is 0 Å². The van der Waals surface area contributed by atoms with E-state index in [1.165, 1.54) is 92.0 Å². The number of benzene rings is 4. The Bertz CT molecular complexity index is 1500. The monoisotopic (exact) mass is 512 g/mol. The van der Waals surface area contributed by atoms with E-state index < -0.39 is 0 Å². The number of hydrogen-bond acceptors (Lipinski definition) is 1. The van der Waals surface area contributed by atoms with Crippen LogP contribution in [0.4, 0.5) is 0 Å². The predicted molar refractivity (Wildman–Crippen MR) is 164 cm³/mol. The van der Waals surface area contributed by atoms with Crippen LogP contribution in [-0.2, 0) is 5.41 Å². The van der Waals surface area contributed by atoms with Crippen LogP contribution >= 0.6 is 0 Å². The highest BCUT2D eigenvalue weighted by Crippen LogP contribution is 2.55. The van der Waals surface area contributed by atoms with Gasteiger partial charge in [0.15, 0.2) is 5.78 Å². The molecule has 0 bridgehead atoms. The molecular weight excluding hydrogens is 472 g/mol. The number of ketones is 1. The van der Waals surface area contributed by atoms with Crippen LogP contribution in [0.1, 0.15) is 105 Å². The summed E-state index contributed by atoms with van der Waals surface area (Å²) in [5.41, 5.74) is 12.1. The summed E-state index contributed by atoms with van der Waals surface area (Å²) in [6.45, 7) is 4.60. The van der Waals surface area contributed by atoms with E-state index >= 15 is 0 Å². The van der Waals surface area contributed by atoms with E-state index in [9.17, 15) is 4.79 Å². The van der Waals surface area contributed by atoms with Gasteiger partial charge >= 0.3 is 0 Å². The van der Waals surface area contributed by atoms with Gasteiger partial charge < -0.3 is 0 Å². The van der Waals surface area contributed by atoms with Crippen LogP contribution < -0.4 is 0 Å². The average molecular weight is 513 g/mol. The zero-order valence-corrected chi connectivity index (χ0v) is 23.6. The van der Waals surface area contributed by atoms with Crippen LogP contribution in [0.15, 0.2) is 84.9 Å². The van der Waals surface area contributed by atoms with Crippen LogP contribution in [0.25, 0.3) is 33.4 Å². The van der Waals surface area contributed by atoms with E-state index in [0.717, 1.165) is 27.8 Å². The lowest BCUT2D eigenvalue weighted by atomic mass is 9.70. The summed E-state index contributed by atoms with van der Waals surface area (Å²) in [6, 6.07) is 30.8. The largest absolute Gasteiger partial charge is 0.289 e. The summed E-state index contributed by atoms with van der Waals surface area (Å²) in [6.07, 6.45) is 12.7. The van der Waals surface area contributed by atoms with Crippen molar-refractivity contribution in [2.24, 2.45) is 0 Å². The first kappa shape index (κ1) is 25.8. The number of fused-ring (bicyclic) bond motifs is 6. The number of hydrogen-bond donors (Lipinski definition) is 0. The van der Waals surface area contributed by atoms with Gasteiger partial charge in [-0.3, -0.25) is 4.79 Å². The second kappa shape index (κ2) is 11.0. The Morgan fingerprint density at radius 3 is 1.72 bits per heavy atom. The quantitative estimate of drug-likeness (QED) is 0.161. The number of unbranched alkanes of at least 4 members (excludes halogenated alkanes) is 6. The number of carbonyl (C=O) groups excluding carboxylic acids is 1. The van der Waals surface area contributed by atoms with Crippen LogP contribution in [0.3, 0.4) is 0 Å². The third kappa shape index (κ3) is 4.46. The molecule has 0 unspecified atom stereocenters. The van der Waals surface area contributed by atoms with Gasteiger partial charge in [-0.1, -0.05) is 138 Å². The summed E-state index contributed by atoms with van der Waals surface area (Å²) in [5.74, 6) is 0.150. The van der Waals surface area contributed by atoms with Gasteiger partial charge in [0.25, 0.3) is 0 Å². The molecular formula is C38H40O. The summed E-state index contributed by atoms with van der Waals surface area (Å²) in [4.78, 5) is 13.3. The molecule has 4 aromatic carbocycles. The van der Waals surface area contributed by atoms with E-state index in [0.29, 0.717) is 0 Å². The van der Waals surface area contributed by atoms with Crippen LogP contribution in [0.2, 0.25) is 0 Å². The SMILES string of the molecule is CCCCCCC1(CCCCCC)c2ccccc2-c2ccc(-c3ccc4c(c3)C(=O)c3ccccc3-4)cc21. The first-order chi connectivity index (χ1) is 19.2. The van der Waals surface area contributed by atoms with Crippen molar-refractivity contribution < 1.29 is 4.79 Å². The Morgan fingerprint density at radius 2 is 1.03 bits per heavy atom. The Balaban J connectivity index is 1.42. The molecule has 0 amide bonds. The molecule has 0 radical (unpaired) electrons. The normalized spacial score (nSPS) is 14.2. The van der Waals surface area contributed by atoms with Gasteiger partial charge in [-0.25, -0.2) is 0 Å². The zero-order valence-electron chi connectivity index (χ0n) is 23.6. The standard InChI is InChI=1S/C38H40O/c1-3-5-7-13-23-38(24-14-8-6-4-2)35-18-12-11-16-31(35)32-22-20-28(26-36(32)38)27-19-21-30-29-15-9-10-17-33(29)37(39)34(30)25-27/h9-12,15-22,25-26H,3-8,13-14,23-24H2,1-2H3. The van der Waals surface area contributed by atoms with Gasteiger partial charge in [0, 0.05) is 16.5 Å². The molecule has 198 valence electrons. The van der Waals surface area contributed by atoms with Crippen LogP contribution in [0, 0.1) is 0 Å². The number of carbonyl (C=O) groups is 1. The third-order valence-corrected chi connectivity index (χ3v) is 9.24. The highest BCUT2D eigenvalue weighted by molar-refractivity contribution is 6.22. The van der Waals surface area contributed by atoms with Crippen molar-refractivity contribution in [3.05, 3.63) is 107 Å². The Hall–Kier alpha value is -3.45. The Kier molecular flexibility index (Phi) is 7.26. The fourth-order valence-electron chi connectivity index (χ4n) is 7.21. The van der Waals surface area contributed by atoms with Gasteiger partial charge in [-0.05, 0) is 69.5 Å². The average Bonchev–Trinajstić information content (AvgIpc) is 3.42. The van der Waals surface area contributed by atoms with Crippen molar-refractivity contribution in [3.8, 4) is 33.4 Å². The van der Waals surface area contributed by atoms with Gasteiger partial charge in [-0.2, -0.15) is 0 Å². The minimum atomic E-state index is 0.0756. The summed E-state index contributed by atoms with van der Waals surface area (Å²) >= 11 is 0. The van der Waals surface area contributed by atoms with E-state index in [-0.39, 0.29) is 11.2 Å². The lowest BCUT2D eigenvalue weighted by Gasteiger charge is -2.33. The molecule has 0 aromatic heterocycles. The van der Waals surface area contributed by atoms with Crippen LogP contribution in [0.5, 0.6) is 0 Å². The van der Waals surface area contributed by atoms with Gasteiger partial charge in [0.1, 0.15) is 0 Å². The first-order valence-corrected chi connectivity index (χ1v) is 15.2. The van der Waals surface area contributed by atoms with Crippen molar-refractivity contribution in [1.82, 2.24) is 0 Å². The van der Waals surface area contributed by atoms with E-state index in [1.807, 2.05) is 18.2 Å². The van der Waals surface area contributed by atoms with E-state index in [4.69, 9.17) is 0 Å². The summed E-state index contributed by atoms with van der Waals surface area (Å²) in [5, 5.41) is 0.